The smallest absolute Gasteiger partial charge is 0.196 e. The van der Waals surface area contributed by atoms with Crippen molar-refractivity contribution in [1.29, 1.82) is 0 Å². The Kier molecular flexibility index (Phi) is 2.80. The van der Waals surface area contributed by atoms with E-state index in [-0.39, 0.29) is 5.78 Å². The quantitative estimate of drug-likeness (QED) is 0.721. The zero-order valence-corrected chi connectivity index (χ0v) is 10.5. The maximum absolute atomic E-state index is 12.5. The molecular formula is C16H13NO2. The first-order valence-corrected chi connectivity index (χ1v) is 6.08. The lowest BCUT2D eigenvalue weighted by molar-refractivity contribution is 0.103. The minimum Gasteiger partial charge on any atom is -0.464 e. The van der Waals surface area contributed by atoms with Gasteiger partial charge >= 0.3 is 0 Å². The van der Waals surface area contributed by atoms with Crippen LogP contribution in [-0.2, 0) is 0 Å². The van der Waals surface area contributed by atoms with Gasteiger partial charge in [-0.3, -0.25) is 4.79 Å². The van der Waals surface area contributed by atoms with E-state index in [1.165, 1.54) is 6.26 Å². The molecule has 0 aliphatic carbocycles. The number of fused-ring (bicyclic) bond motifs is 1. The first-order chi connectivity index (χ1) is 9.29. The van der Waals surface area contributed by atoms with Gasteiger partial charge in [0.05, 0.1) is 5.56 Å². The highest BCUT2D eigenvalue weighted by molar-refractivity contribution is 6.16. The lowest BCUT2D eigenvalue weighted by Crippen LogP contribution is -2.01. The van der Waals surface area contributed by atoms with Crippen molar-refractivity contribution in [3.63, 3.8) is 0 Å². The number of rotatable bonds is 3. The van der Waals surface area contributed by atoms with E-state index in [4.69, 9.17) is 4.42 Å². The zero-order valence-electron chi connectivity index (χ0n) is 10.5. The number of anilines is 1. The molecule has 3 nitrogen and oxygen atoms in total. The van der Waals surface area contributed by atoms with Crippen LogP contribution in [0.4, 0.5) is 5.69 Å². The first-order valence-electron chi connectivity index (χ1n) is 6.08. The van der Waals surface area contributed by atoms with Gasteiger partial charge in [0.15, 0.2) is 5.78 Å². The molecule has 1 N–H and O–H groups in total. The summed E-state index contributed by atoms with van der Waals surface area (Å²) >= 11 is 0. The number of ketones is 1. The molecule has 0 saturated heterocycles. The maximum atomic E-state index is 12.5. The second-order valence-corrected chi connectivity index (χ2v) is 4.31. The van der Waals surface area contributed by atoms with Crippen LogP contribution in [0, 0.1) is 0 Å². The van der Waals surface area contributed by atoms with Crippen molar-refractivity contribution in [2.75, 3.05) is 12.4 Å². The van der Waals surface area contributed by atoms with Gasteiger partial charge in [-0.25, -0.2) is 0 Å². The molecule has 0 aliphatic heterocycles. The zero-order chi connectivity index (χ0) is 13.2. The van der Waals surface area contributed by atoms with Crippen molar-refractivity contribution in [3.8, 4) is 0 Å². The lowest BCUT2D eigenvalue weighted by atomic mass is 10.0. The number of benzene rings is 2. The monoisotopic (exact) mass is 251 g/mol. The number of furan rings is 1. The summed E-state index contributed by atoms with van der Waals surface area (Å²) in [7, 11) is 1.83. The predicted octanol–water partition coefficient (Wildman–Crippen LogP) is 3.71. The molecule has 0 radical (unpaired) electrons. The average molecular weight is 251 g/mol. The third kappa shape index (κ3) is 1.99. The van der Waals surface area contributed by atoms with Gasteiger partial charge in [0.25, 0.3) is 0 Å². The molecule has 0 spiro atoms. The van der Waals surface area contributed by atoms with E-state index in [9.17, 15) is 4.79 Å². The van der Waals surface area contributed by atoms with Crippen molar-refractivity contribution in [3.05, 3.63) is 65.9 Å². The second-order valence-electron chi connectivity index (χ2n) is 4.31. The Balaban J connectivity index is 2.08. The van der Waals surface area contributed by atoms with Crippen LogP contribution in [0.5, 0.6) is 0 Å². The van der Waals surface area contributed by atoms with E-state index in [0.717, 1.165) is 16.7 Å². The molecule has 2 aromatic carbocycles. The predicted molar refractivity (Wildman–Crippen MR) is 75.6 cm³/mol. The second kappa shape index (κ2) is 4.61. The van der Waals surface area contributed by atoms with Crippen LogP contribution >= 0.6 is 0 Å². The molecule has 19 heavy (non-hydrogen) atoms. The Morgan fingerprint density at radius 2 is 1.95 bits per heavy atom. The number of hydrogen-bond donors (Lipinski definition) is 1. The fourth-order valence-electron chi connectivity index (χ4n) is 2.13. The topological polar surface area (TPSA) is 42.2 Å². The van der Waals surface area contributed by atoms with Gasteiger partial charge in [-0.05, 0) is 18.2 Å². The number of hydrogen-bond acceptors (Lipinski definition) is 3. The molecule has 3 aromatic rings. The summed E-state index contributed by atoms with van der Waals surface area (Å²) in [6.07, 6.45) is 1.53. The van der Waals surface area contributed by atoms with Gasteiger partial charge in [0.1, 0.15) is 11.8 Å². The van der Waals surface area contributed by atoms with Gasteiger partial charge in [-0.15, -0.1) is 0 Å². The van der Waals surface area contributed by atoms with Crippen LogP contribution in [0.25, 0.3) is 11.0 Å². The van der Waals surface area contributed by atoms with E-state index >= 15 is 0 Å². The van der Waals surface area contributed by atoms with Gasteiger partial charge in [-0.2, -0.15) is 0 Å². The molecule has 0 unspecified atom stereocenters. The van der Waals surface area contributed by atoms with E-state index in [1.54, 1.807) is 0 Å². The summed E-state index contributed by atoms with van der Waals surface area (Å²) in [5.41, 5.74) is 2.90. The molecule has 0 fully saturated rings. The highest BCUT2D eigenvalue weighted by Crippen LogP contribution is 2.24. The van der Waals surface area contributed by atoms with Gasteiger partial charge in [0, 0.05) is 23.7 Å². The summed E-state index contributed by atoms with van der Waals surface area (Å²) < 4.78 is 5.41. The minimum absolute atomic E-state index is 0.0259. The highest BCUT2D eigenvalue weighted by Gasteiger charge is 2.15. The standard InChI is InChI=1S/C16H13NO2/c1-17-12-6-4-5-11(9-12)16(18)14-10-19-15-8-3-2-7-13(14)15/h2-10,17H,1H3. The summed E-state index contributed by atoms with van der Waals surface area (Å²) in [4.78, 5) is 12.5. The van der Waals surface area contributed by atoms with E-state index < -0.39 is 0 Å². The molecule has 1 heterocycles. The van der Waals surface area contributed by atoms with Gasteiger partial charge < -0.3 is 9.73 Å². The number of nitrogens with one attached hydrogen (secondary N) is 1. The molecule has 94 valence electrons. The maximum Gasteiger partial charge on any atom is 0.196 e. The van der Waals surface area contributed by atoms with Crippen molar-refractivity contribution in [1.82, 2.24) is 0 Å². The first kappa shape index (κ1) is 11.5. The van der Waals surface area contributed by atoms with Crippen molar-refractivity contribution < 1.29 is 9.21 Å². The van der Waals surface area contributed by atoms with Gasteiger partial charge in [-0.1, -0.05) is 30.3 Å². The summed E-state index contributed by atoms with van der Waals surface area (Å²) in [5, 5.41) is 3.88. The molecule has 3 heteroatoms. The minimum atomic E-state index is -0.0259. The van der Waals surface area contributed by atoms with Crippen LogP contribution in [0.2, 0.25) is 0 Å². The molecule has 0 bridgehead atoms. The largest absolute Gasteiger partial charge is 0.464 e. The summed E-state index contributed by atoms with van der Waals surface area (Å²) in [6, 6.07) is 15.0. The normalized spacial score (nSPS) is 10.6. The molecule has 0 atom stereocenters. The lowest BCUT2D eigenvalue weighted by Gasteiger charge is -2.03. The van der Waals surface area contributed by atoms with E-state index in [1.807, 2.05) is 55.6 Å². The number of carbonyl (C=O) groups excluding carboxylic acids is 1. The van der Waals surface area contributed by atoms with E-state index in [0.29, 0.717) is 11.1 Å². The fourth-order valence-corrected chi connectivity index (χ4v) is 2.13. The Morgan fingerprint density at radius 1 is 1.11 bits per heavy atom. The fraction of sp³-hybridized carbons (Fsp3) is 0.0625. The van der Waals surface area contributed by atoms with Crippen molar-refractivity contribution in [2.24, 2.45) is 0 Å². The number of carbonyl (C=O) groups is 1. The molecule has 0 amide bonds. The molecule has 0 aliphatic rings. The molecule has 0 saturated carbocycles. The molecular weight excluding hydrogens is 238 g/mol. The van der Waals surface area contributed by atoms with Crippen LogP contribution in [0.3, 0.4) is 0 Å². The average Bonchev–Trinajstić information content (AvgIpc) is 2.90. The van der Waals surface area contributed by atoms with Crippen LogP contribution in [0.1, 0.15) is 15.9 Å². The van der Waals surface area contributed by atoms with Crippen molar-refractivity contribution in [2.45, 2.75) is 0 Å². The summed E-state index contributed by atoms with van der Waals surface area (Å²) in [5.74, 6) is -0.0259. The Morgan fingerprint density at radius 3 is 2.79 bits per heavy atom. The molecule has 1 aromatic heterocycles. The van der Waals surface area contributed by atoms with Crippen molar-refractivity contribution >= 4 is 22.4 Å². The molecule has 3 rings (SSSR count). The highest BCUT2D eigenvalue weighted by atomic mass is 16.3. The van der Waals surface area contributed by atoms with Crippen LogP contribution in [0.15, 0.2) is 59.2 Å². The Bertz CT molecular complexity index is 743. The number of para-hydroxylation sites is 1. The van der Waals surface area contributed by atoms with E-state index in [2.05, 4.69) is 5.32 Å². The van der Waals surface area contributed by atoms with Crippen LogP contribution in [-0.4, -0.2) is 12.8 Å². The van der Waals surface area contributed by atoms with Crippen LogP contribution < -0.4 is 5.32 Å². The third-order valence-corrected chi connectivity index (χ3v) is 3.14. The third-order valence-electron chi connectivity index (χ3n) is 3.14. The van der Waals surface area contributed by atoms with Gasteiger partial charge in [0.2, 0.25) is 0 Å². The SMILES string of the molecule is CNc1cccc(C(=O)c2coc3ccccc23)c1. The summed E-state index contributed by atoms with van der Waals surface area (Å²) in [6.45, 7) is 0. The Hall–Kier alpha value is -2.55. The Labute approximate surface area is 110 Å².